The third kappa shape index (κ3) is 3.30. The molecule has 0 radical (unpaired) electrons. The molecular weight excluding hydrogens is 277 g/mol. The summed E-state index contributed by atoms with van der Waals surface area (Å²) in [5.41, 5.74) is 10.8. The van der Waals surface area contributed by atoms with Gasteiger partial charge in [0.1, 0.15) is 0 Å². The van der Waals surface area contributed by atoms with Gasteiger partial charge in [-0.25, -0.2) is 0 Å². The van der Waals surface area contributed by atoms with Crippen molar-refractivity contribution >= 4 is 23.2 Å². The number of aryl methyl sites for hydroxylation is 2. The van der Waals surface area contributed by atoms with Gasteiger partial charge in [0.15, 0.2) is 0 Å². The van der Waals surface area contributed by atoms with E-state index in [2.05, 4.69) is 32.0 Å². The second kappa shape index (κ2) is 5.96. The van der Waals surface area contributed by atoms with Crippen LogP contribution in [0.3, 0.4) is 0 Å². The van der Waals surface area contributed by atoms with Crippen LogP contribution >= 0.6 is 23.2 Å². The van der Waals surface area contributed by atoms with Crippen molar-refractivity contribution in [2.75, 3.05) is 0 Å². The first-order valence-electron chi connectivity index (χ1n) is 6.24. The van der Waals surface area contributed by atoms with Crippen LogP contribution in [0.25, 0.3) is 0 Å². The van der Waals surface area contributed by atoms with Gasteiger partial charge in [0.05, 0.1) is 0 Å². The van der Waals surface area contributed by atoms with Crippen molar-refractivity contribution in [2.45, 2.75) is 26.3 Å². The van der Waals surface area contributed by atoms with E-state index in [9.17, 15) is 0 Å². The maximum Gasteiger partial charge on any atom is 0.0468 e. The van der Waals surface area contributed by atoms with Gasteiger partial charge in [-0.3, -0.25) is 0 Å². The molecule has 0 aromatic heterocycles. The highest BCUT2D eigenvalue weighted by atomic mass is 35.5. The molecule has 0 aliphatic heterocycles. The fourth-order valence-corrected chi connectivity index (χ4v) is 2.90. The largest absolute Gasteiger partial charge is 0.324 e. The molecule has 0 bridgehead atoms. The minimum absolute atomic E-state index is 0.193. The van der Waals surface area contributed by atoms with E-state index in [1.807, 2.05) is 18.2 Å². The van der Waals surface area contributed by atoms with Crippen molar-refractivity contribution in [1.29, 1.82) is 0 Å². The molecule has 2 rings (SSSR count). The van der Waals surface area contributed by atoms with Crippen LogP contribution in [0.2, 0.25) is 10.0 Å². The minimum atomic E-state index is -0.193. The first-order chi connectivity index (χ1) is 8.99. The van der Waals surface area contributed by atoms with E-state index in [0.717, 1.165) is 12.0 Å². The number of rotatable bonds is 3. The smallest absolute Gasteiger partial charge is 0.0468 e. The molecule has 0 spiro atoms. The lowest BCUT2D eigenvalue weighted by Gasteiger charge is -2.17. The summed E-state index contributed by atoms with van der Waals surface area (Å²) >= 11 is 12.4. The molecule has 2 N–H and O–H groups in total. The zero-order chi connectivity index (χ0) is 14.0. The number of nitrogens with two attached hydrogens (primary N) is 1. The third-order valence-corrected chi connectivity index (χ3v) is 3.97. The highest BCUT2D eigenvalue weighted by Crippen LogP contribution is 2.31. The van der Waals surface area contributed by atoms with Crippen LogP contribution in [0.4, 0.5) is 0 Å². The quantitative estimate of drug-likeness (QED) is 0.860. The van der Waals surface area contributed by atoms with Crippen LogP contribution in [0.15, 0.2) is 36.4 Å². The average molecular weight is 294 g/mol. The SMILES string of the molecule is Cc1ccc(C)c(CC(N)c2c(Cl)cccc2Cl)c1. The summed E-state index contributed by atoms with van der Waals surface area (Å²) in [4.78, 5) is 0. The normalized spacial score (nSPS) is 12.5. The molecule has 3 heteroatoms. The zero-order valence-corrected chi connectivity index (χ0v) is 12.6. The van der Waals surface area contributed by atoms with Gasteiger partial charge >= 0.3 is 0 Å². The molecular formula is C16H17Cl2N. The molecule has 1 unspecified atom stereocenters. The predicted octanol–water partition coefficient (Wildman–Crippen LogP) is 4.85. The van der Waals surface area contributed by atoms with Crippen LogP contribution in [0.5, 0.6) is 0 Å². The highest BCUT2D eigenvalue weighted by molar-refractivity contribution is 6.36. The number of benzene rings is 2. The Kier molecular flexibility index (Phi) is 4.51. The molecule has 2 aromatic carbocycles. The van der Waals surface area contributed by atoms with Crippen molar-refractivity contribution in [3.05, 3.63) is 68.7 Å². The van der Waals surface area contributed by atoms with Gasteiger partial charge in [-0.05, 0) is 43.5 Å². The van der Waals surface area contributed by atoms with E-state index in [4.69, 9.17) is 28.9 Å². The fraction of sp³-hybridized carbons (Fsp3) is 0.250. The fourth-order valence-electron chi connectivity index (χ4n) is 2.22. The molecule has 1 nitrogen and oxygen atoms in total. The number of hydrogen-bond donors (Lipinski definition) is 1. The molecule has 2 aromatic rings. The number of halogens is 2. The lowest BCUT2D eigenvalue weighted by molar-refractivity contribution is 0.719. The van der Waals surface area contributed by atoms with Gasteiger partial charge < -0.3 is 5.73 Å². The first-order valence-corrected chi connectivity index (χ1v) is 7.00. The van der Waals surface area contributed by atoms with E-state index < -0.39 is 0 Å². The summed E-state index contributed by atoms with van der Waals surface area (Å²) in [5.74, 6) is 0. The van der Waals surface area contributed by atoms with Crippen LogP contribution in [0.1, 0.15) is 28.3 Å². The monoisotopic (exact) mass is 293 g/mol. The van der Waals surface area contributed by atoms with E-state index in [-0.39, 0.29) is 6.04 Å². The lowest BCUT2D eigenvalue weighted by Crippen LogP contribution is -2.15. The van der Waals surface area contributed by atoms with Crippen LogP contribution < -0.4 is 5.73 Å². The maximum atomic E-state index is 6.28. The Morgan fingerprint density at radius 1 is 1.05 bits per heavy atom. The van der Waals surface area contributed by atoms with Gasteiger partial charge in [-0.1, -0.05) is 53.0 Å². The summed E-state index contributed by atoms with van der Waals surface area (Å²) < 4.78 is 0. The highest BCUT2D eigenvalue weighted by Gasteiger charge is 2.15. The Bertz CT molecular complexity index is 573. The van der Waals surface area contributed by atoms with E-state index in [0.29, 0.717) is 10.0 Å². The van der Waals surface area contributed by atoms with E-state index in [1.54, 1.807) is 0 Å². The Balaban J connectivity index is 2.31. The molecule has 0 amide bonds. The van der Waals surface area contributed by atoms with Gasteiger partial charge in [0.25, 0.3) is 0 Å². The molecule has 0 saturated carbocycles. The molecule has 0 fully saturated rings. The van der Waals surface area contributed by atoms with Gasteiger partial charge in [0.2, 0.25) is 0 Å². The average Bonchev–Trinajstić information content (AvgIpc) is 2.33. The topological polar surface area (TPSA) is 26.0 Å². The van der Waals surface area contributed by atoms with Crippen molar-refractivity contribution < 1.29 is 0 Å². The standard InChI is InChI=1S/C16H17Cl2N/c1-10-6-7-11(2)12(8-10)9-15(19)16-13(17)4-3-5-14(16)18/h3-8,15H,9,19H2,1-2H3. The summed E-state index contributed by atoms with van der Waals surface area (Å²) in [6.07, 6.45) is 0.733. The van der Waals surface area contributed by atoms with Crippen LogP contribution in [-0.2, 0) is 6.42 Å². The minimum Gasteiger partial charge on any atom is -0.324 e. The van der Waals surface area contributed by atoms with Crippen molar-refractivity contribution in [1.82, 2.24) is 0 Å². The summed E-state index contributed by atoms with van der Waals surface area (Å²) in [6, 6.07) is 11.7. The molecule has 19 heavy (non-hydrogen) atoms. The zero-order valence-electron chi connectivity index (χ0n) is 11.1. The summed E-state index contributed by atoms with van der Waals surface area (Å²) in [6.45, 7) is 4.17. The molecule has 0 heterocycles. The van der Waals surface area contributed by atoms with Gasteiger partial charge in [-0.2, -0.15) is 0 Å². The second-order valence-corrected chi connectivity index (χ2v) is 5.69. The third-order valence-electron chi connectivity index (χ3n) is 3.31. The van der Waals surface area contributed by atoms with Gasteiger partial charge in [0, 0.05) is 21.7 Å². The maximum absolute atomic E-state index is 6.28. The molecule has 100 valence electrons. The molecule has 0 saturated heterocycles. The first kappa shape index (κ1) is 14.4. The van der Waals surface area contributed by atoms with E-state index >= 15 is 0 Å². The Labute approximate surface area is 124 Å². The van der Waals surface area contributed by atoms with Gasteiger partial charge in [-0.15, -0.1) is 0 Å². The molecule has 1 atom stereocenters. The predicted molar refractivity (Wildman–Crippen MR) is 83.0 cm³/mol. The number of hydrogen-bond acceptors (Lipinski definition) is 1. The van der Waals surface area contributed by atoms with Crippen molar-refractivity contribution in [3.8, 4) is 0 Å². The Morgan fingerprint density at radius 2 is 1.68 bits per heavy atom. The summed E-state index contributed by atoms with van der Waals surface area (Å²) in [5, 5.41) is 1.26. The van der Waals surface area contributed by atoms with Crippen LogP contribution in [0, 0.1) is 13.8 Å². The van der Waals surface area contributed by atoms with Crippen molar-refractivity contribution in [3.63, 3.8) is 0 Å². The van der Waals surface area contributed by atoms with Crippen LogP contribution in [-0.4, -0.2) is 0 Å². The summed E-state index contributed by atoms with van der Waals surface area (Å²) in [7, 11) is 0. The Morgan fingerprint density at radius 3 is 2.32 bits per heavy atom. The molecule has 0 aliphatic carbocycles. The second-order valence-electron chi connectivity index (χ2n) is 4.88. The van der Waals surface area contributed by atoms with E-state index in [1.165, 1.54) is 16.7 Å². The molecule has 0 aliphatic rings. The lowest BCUT2D eigenvalue weighted by atomic mass is 9.95. The Hall–Kier alpha value is -1.02. The van der Waals surface area contributed by atoms with Crippen molar-refractivity contribution in [2.24, 2.45) is 5.73 Å².